The summed E-state index contributed by atoms with van der Waals surface area (Å²) in [6.45, 7) is 3.79. The van der Waals surface area contributed by atoms with E-state index in [0.717, 1.165) is 11.1 Å². The summed E-state index contributed by atoms with van der Waals surface area (Å²) >= 11 is 0. The molecule has 1 aliphatic carbocycles. The Bertz CT molecular complexity index is 431. The van der Waals surface area contributed by atoms with Gasteiger partial charge in [-0.1, -0.05) is 24.3 Å². The Balaban J connectivity index is 1.99. The van der Waals surface area contributed by atoms with Crippen molar-refractivity contribution < 1.29 is 14.6 Å². The highest BCUT2D eigenvalue weighted by molar-refractivity contribution is 5.78. The number of aliphatic hydroxyl groups excluding tert-OH is 1. The Hall–Kier alpha value is -1.39. The molecule has 0 fully saturated rings. The Morgan fingerprint density at radius 1 is 1.50 bits per heavy atom. The van der Waals surface area contributed by atoms with Gasteiger partial charge in [-0.25, -0.2) is 0 Å². The lowest BCUT2D eigenvalue weighted by Gasteiger charge is -2.18. The second-order valence-corrected chi connectivity index (χ2v) is 4.88. The highest BCUT2D eigenvalue weighted by Crippen LogP contribution is 2.30. The van der Waals surface area contributed by atoms with Gasteiger partial charge in [0.25, 0.3) is 0 Å². The lowest BCUT2D eigenvalue weighted by Crippen LogP contribution is -2.36. The number of nitrogens with one attached hydrogen (secondary N) is 1. The van der Waals surface area contributed by atoms with E-state index in [1.165, 1.54) is 0 Å². The van der Waals surface area contributed by atoms with Crippen molar-refractivity contribution in [2.24, 2.45) is 0 Å². The maximum atomic E-state index is 11.7. The van der Waals surface area contributed by atoms with Gasteiger partial charge in [-0.05, 0) is 25.0 Å². The first kappa shape index (κ1) is 13.1. The van der Waals surface area contributed by atoms with E-state index < -0.39 is 6.10 Å². The van der Waals surface area contributed by atoms with Gasteiger partial charge in [0, 0.05) is 6.42 Å². The van der Waals surface area contributed by atoms with Gasteiger partial charge < -0.3 is 15.2 Å². The predicted octanol–water partition coefficient (Wildman–Crippen LogP) is 1.19. The van der Waals surface area contributed by atoms with E-state index in [0.29, 0.717) is 6.42 Å². The SMILES string of the molecule is CC(C)OCC(=O)NC1c2ccccc2CC1O. The molecule has 18 heavy (non-hydrogen) atoms. The molecule has 0 saturated carbocycles. The zero-order valence-electron chi connectivity index (χ0n) is 10.7. The van der Waals surface area contributed by atoms with Crippen LogP contribution in [0.3, 0.4) is 0 Å². The standard InChI is InChI=1S/C14H19NO3/c1-9(2)18-8-13(17)15-14-11-6-4-3-5-10(11)7-12(14)16/h3-6,9,12,14,16H,7-8H2,1-2H3,(H,15,17). The van der Waals surface area contributed by atoms with Crippen LogP contribution in [-0.2, 0) is 16.0 Å². The van der Waals surface area contributed by atoms with E-state index in [1.807, 2.05) is 38.1 Å². The summed E-state index contributed by atoms with van der Waals surface area (Å²) in [4.78, 5) is 11.7. The lowest BCUT2D eigenvalue weighted by atomic mass is 10.1. The second kappa shape index (κ2) is 5.50. The van der Waals surface area contributed by atoms with Crippen LogP contribution < -0.4 is 5.32 Å². The molecule has 0 saturated heterocycles. The third-order valence-electron chi connectivity index (χ3n) is 3.07. The van der Waals surface area contributed by atoms with Crippen molar-refractivity contribution in [3.05, 3.63) is 35.4 Å². The first-order chi connectivity index (χ1) is 8.58. The molecule has 2 rings (SSSR count). The van der Waals surface area contributed by atoms with Gasteiger partial charge in [0.05, 0.1) is 18.2 Å². The van der Waals surface area contributed by atoms with Crippen molar-refractivity contribution in [1.29, 1.82) is 0 Å². The van der Waals surface area contributed by atoms with Gasteiger partial charge >= 0.3 is 0 Å². The average Bonchev–Trinajstić information content (AvgIpc) is 2.64. The Morgan fingerprint density at radius 3 is 2.94 bits per heavy atom. The van der Waals surface area contributed by atoms with Gasteiger partial charge in [0.2, 0.25) is 5.91 Å². The van der Waals surface area contributed by atoms with Crippen LogP contribution in [-0.4, -0.2) is 29.8 Å². The molecule has 4 heteroatoms. The van der Waals surface area contributed by atoms with E-state index in [2.05, 4.69) is 5.32 Å². The first-order valence-electron chi connectivity index (χ1n) is 6.24. The van der Waals surface area contributed by atoms with E-state index >= 15 is 0 Å². The number of benzene rings is 1. The molecule has 4 nitrogen and oxygen atoms in total. The van der Waals surface area contributed by atoms with Crippen molar-refractivity contribution in [2.45, 2.75) is 38.5 Å². The normalized spacial score (nSPS) is 22.0. The fourth-order valence-electron chi connectivity index (χ4n) is 2.21. The van der Waals surface area contributed by atoms with Crippen LogP contribution in [0.25, 0.3) is 0 Å². The highest BCUT2D eigenvalue weighted by atomic mass is 16.5. The zero-order chi connectivity index (χ0) is 13.1. The van der Waals surface area contributed by atoms with Crippen LogP contribution >= 0.6 is 0 Å². The Kier molecular flexibility index (Phi) is 3.99. The van der Waals surface area contributed by atoms with Crippen LogP contribution in [0, 0.1) is 0 Å². The molecule has 2 atom stereocenters. The molecule has 0 heterocycles. The number of amides is 1. The smallest absolute Gasteiger partial charge is 0.246 e. The fourth-order valence-corrected chi connectivity index (χ4v) is 2.21. The molecule has 0 bridgehead atoms. The molecule has 1 aliphatic rings. The van der Waals surface area contributed by atoms with Gasteiger partial charge in [-0.2, -0.15) is 0 Å². The number of aliphatic hydroxyl groups is 1. The van der Waals surface area contributed by atoms with Crippen molar-refractivity contribution in [1.82, 2.24) is 5.32 Å². The summed E-state index contributed by atoms with van der Waals surface area (Å²) in [6.07, 6.45) is 0.0635. The zero-order valence-corrected chi connectivity index (χ0v) is 10.7. The van der Waals surface area contributed by atoms with Crippen molar-refractivity contribution in [3.8, 4) is 0 Å². The van der Waals surface area contributed by atoms with Gasteiger partial charge in [0.15, 0.2) is 0 Å². The summed E-state index contributed by atoms with van der Waals surface area (Å²) in [6, 6.07) is 7.47. The number of fused-ring (bicyclic) bond motifs is 1. The van der Waals surface area contributed by atoms with Crippen LogP contribution in [0.2, 0.25) is 0 Å². The number of ether oxygens (including phenoxy) is 1. The van der Waals surface area contributed by atoms with Crippen LogP contribution in [0.15, 0.2) is 24.3 Å². The van der Waals surface area contributed by atoms with E-state index in [4.69, 9.17) is 4.74 Å². The topological polar surface area (TPSA) is 58.6 Å². The van der Waals surface area contributed by atoms with Crippen molar-refractivity contribution in [3.63, 3.8) is 0 Å². The molecule has 0 aliphatic heterocycles. The average molecular weight is 249 g/mol. The minimum atomic E-state index is -0.551. The van der Waals surface area contributed by atoms with Crippen LogP contribution in [0.4, 0.5) is 0 Å². The molecule has 2 unspecified atom stereocenters. The minimum Gasteiger partial charge on any atom is -0.390 e. The summed E-state index contributed by atoms with van der Waals surface area (Å²) in [7, 11) is 0. The first-order valence-corrected chi connectivity index (χ1v) is 6.24. The molecule has 0 aromatic heterocycles. The largest absolute Gasteiger partial charge is 0.390 e. The van der Waals surface area contributed by atoms with E-state index in [1.54, 1.807) is 0 Å². The molecular weight excluding hydrogens is 230 g/mol. The Labute approximate surface area is 107 Å². The van der Waals surface area contributed by atoms with E-state index in [-0.39, 0.29) is 24.7 Å². The van der Waals surface area contributed by atoms with Crippen molar-refractivity contribution in [2.75, 3.05) is 6.61 Å². The summed E-state index contributed by atoms with van der Waals surface area (Å²) in [5, 5.41) is 12.8. The monoisotopic (exact) mass is 249 g/mol. The third-order valence-corrected chi connectivity index (χ3v) is 3.07. The molecule has 0 spiro atoms. The highest BCUT2D eigenvalue weighted by Gasteiger charge is 2.31. The number of carbonyl (C=O) groups is 1. The molecule has 1 aromatic carbocycles. The van der Waals surface area contributed by atoms with Crippen molar-refractivity contribution >= 4 is 5.91 Å². The predicted molar refractivity (Wildman–Crippen MR) is 68.1 cm³/mol. The number of hydrogen-bond donors (Lipinski definition) is 2. The van der Waals surface area contributed by atoms with E-state index in [9.17, 15) is 9.90 Å². The lowest BCUT2D eigenvalue weighted by molar-refractivity contribution is -0.128. The minimum absolute atomic E-state index is 0.0246. The number of rotatable bonds is 4. The summed E-state index contributed by atoms with van der Waals surface area (Å²) < 4.78 is 5.24. The molecule has 98 valence electrons. The van der Waals surface area contributed by atoms with Gasteiger partial charge in [-0.3, -0.25) is 4.79 Å². The number of carbonyl (C=O) groups excluding carboxylic acids is 1. The molecule has 0 radical (unpaired) electrons. The fraction of sp³-hybridized carbons (Fsp3) is 0.500. The van der Waals surface area contributed by atoms with Crippen LogP contribution in [0.5, 0.6) is 0 Å². The maximum Gasteiger partial charge on any atom is 0.246 e. The summed E-state index contributed by atoms with van der Waals surface area (Å²) in [5.74, 6) is -0.190. The molecule has 1 amide bonds. The van der Waals surface area contributed by atoms with Crippen LogP contribution in [0.1, 0.15) is 31.0 Å². The molecule has 1 aromatic rings. The quantitative estimate of drug-likeness (QED) is 0.842. The summed E-state index contributed by atoms with van der Waals surface area (Å²) in [5.41, 5.74) is 2.10. The molecular formula is C14H19NO3. The number of hydrogen-bond acceptors (Lipinski definition) is 3. The van der Waals surface area contributed by atoms with Gasteiger partial charge in [0.1, 0.15) is 6.61 Å². The maximum absolute atomic E-state index is 11.7. The Morgan fingerprint density at radius 2 is 2.22 bits per heavy atom. The second-order valence-electron chi connectivity index (χ2n) is 4.88. The third kappa shape index (κ3) is 2.89. The molecule has 2 N–H and O–H groups in total. The van der Waals surface area contributed by atoms with Gasteiger partial charge in [-0.15, -0.1) is 0 Å².